The summed E-state index contributed by atoms with van der Waals surface area (Å²) < 4.78 is 6.80. The fourth-order valence-electron chi connectivity index (χ4n) is 1.58. The first-order valence-electron chi connectivity index (χ1n) is 5.46. The summed E-state index contributed by atoms with van der Waals surface area (Å²) in [4.78, 5) is 11.1. The first kappa shape index (κ1) is 13.2. The summed E-state index contributed by atoms with van der Waals surface area (Å²) in [5.41, 5.74) is 0. The highest BCUT2D eigenvalue weighted by Crippen LogP contribution is 2.21. The molecule has 1 rings (SSSR count). The van der Waals surface area contributed by atoms with Crippen LogP contribution in [-0.4, -0.2) is 11.9 Å². The van der Waals surface area contributed by atoms with Crippen molar-refractivity contribution in [2.75, 3.05) is 0 Å². The lowest BCUT2D eigenvalue weighted by Crippen LogP contribution is -2.20. The molecule has 1 aliphatic carbocycles. The molecule has 0 aromatic rings. The molecule has 0 aromatic carbocycles. The van der Waals surface area contributed by atoms with Crippen molar-refractivity contribution in [1.82, 2.24) is 0 Å². The fourth-order valence-corrected chi connectivity index (χ4v) is 1.71. The van der Waals surface area contributed by atoms with E-state index in [1.807, 2.05) is 19.1 Å². The van der Waals surface area contributed by atoms with E-state index in [-0.39, 0.29) is 6.10 Å². The molecule has 0 aromatic heterocycles. The summed E-state index contributed by atoms with van der Waals surface area (Å²) in [5, 5.41) is 0. The second-order valence-corrected chi connectivity index (χ2v) is 5.13. The van der Waals surface area contributed by atoms with E-state index in [0.29, 0.717) is 18.6 Å². The molecular formula is C13H17BrO2. The third kappa shape index (κ3) is 4.79. The van der Waals surface area contributed by atoms with Gasteiger partial charge in [-0.2, -0.15) is 0 Å². The fraction of sp³-hybridized carbons (Fsp3) is 0.462. The van der Waals surface area contributed by atoms with E-state index in [0.717, 1.165) is 23.1 Å². The zero-order valence-electron chi connectivity index (χ0n) is 9.54. The average molecular weight is 285 g/mol. The van der Waals surface area contributed by atoms with Crippen LogP contribution in [-0.2, 0) is 9.53 Å². The molecule has 0 bridgehead atoms. The Bertz CT molecular complexity index is 315. The molecule has 1 saturated carbocycles. The Morgan fingerprint density at radius 1 is 1.44 bits per heavy atom. The van der Waals surface area contributed by atoms with Crippen LogP contribution in [0.5, 0.6) is 0 Å². The molecule has 0 radical (unpaired) electrons. The average Bonchev–Trinajstić information content (AvgIpc) is 2.26. The van der Waals surface area contributed by atoms with Crippen LogP contribution in [0.4, 0.5) is 0 Å². The van der Waals surface area contributed by atoms with Crippen LogP contribution in [0, 0.1) is 0 Å². The van der Waals surface area contributed by atoms with Crippen LogP contribution < -0.4 is 0 Å². The number of allylic oxidation sites excluding steroid dienone is 4. The van der Waals surface area contributed by atoms with Crippen molar-refractivity contribution in [1.29, 1.82) is 0 Å². The van der Waals surface area contributed by atoms with Gasteiger partial charge in [-0.1, -0.05) is 22.5 Å². The molecule has 0 amide bonds. The van der Waals surface area contributed by atoms with Crippen LogP contribution in [0.3, 0.4) is 0 Å². The highest BCUT2D eigenvalue weighted by molar-refractivity contribution is 9.11. The van der Waals surface area contributed by atoms with Crippen molar-refractivity contribution in [3.63, 3.8) is 0 Å². The van der Waals surface area contributed by atoms with Crippen molar-refractivity contribution in [3.05, 3.63) is 35.0 Å². The van der Waals surface area contributed by atoms with Crippen LogP contribution in [0.1, 0.15) is 32.6 Å². The molecular weight excluding hydrogens is 268 g/mol. The summed E-state index contributed by atoms with van der Waals surface area (Å²) in [6.45, 7) is 5.67. The number of Topliss-reactive ketones (excluding diaryl/α,β-unsaturated/α-hetero) is 1. The van der Waals surface area contributed by atoms with Crippen LogP contribution in [0.25, 0.3) is 0 Å². The molecule has 0 spiro atoms. The molecule has 2 nitrogen and oxygen atoms in total. The Labute approximate surface area is 105 Å². The zero-order chi connectivity index (χ0) is 12.0. The molecule has 1 fully saturated rings. The number of ether oxygens (including phenoxy) is 1. The van der Waals surface area contributed by atoms with E-state index < -0.39 is 0 Å². The van der Waals surface area contributed by atoms with Crippen molar-refractivity contribution in [2.45, 2.75) is 38.7 Å². The summed E-state index contributed by atoms with van der Waals surface area (Å²) >= 11 is 3.35. The van der Waals surface area contributed by atoms with E-state index in [9.17, 15) is 4.79 Å². The standard InChI is InChI=1S/C13H17BrO2/c1-3-12(7-4-10(2)14)16-13-8-5-11(15)6-9-13/h3-4,7,13H,1,5-6,8-9H2,2H3/b10-4+,12-7+. The number of carbonyl (C=O) groups excluding carboxylic acids is 1. The Morgan fingerprint density at radius 2 is 2.06 bits per heavy atom. The summed E-state index contributed by atoms with van der Waals surface area (Å²) in [7, 11) is 0. The number of halogens is 1. The van der Waals surface area contributed by atoms with Crippen molar-refractivity contribution < 1.29 is 9.53 Å². The molecule has 3 heteroatoms. The maximum Gasteiger partial charge on any atom is 0.133 e. The van der Waals surface area contributed by atoms with Gasteiger partial charge in [0.05, 0.1) is 6.10 Å². The van der Waals surface area contributed by atoms with Gasteiger partial charge in [-0.05, 0) is 42.5 Å². The first-order chi connectivity index (χ1) is 7.61. The van der Waals surface area contributed by atoms with Gasteiger partial charge < -0.3 is 4.74 Å². The second-order valence-electron chi connectivity index (χ2n) is 3.88. The largest absolute Gasteiger partial charge is 0.490 e. The maximum absolute atomic E-state index is 11.1. The normalized spacial score (nSPS) is 19.8. The van der Waals surface area contributed by atoms with Gasteiger partial charge in [0.25, 0.3) is 0 Å². The SMILES string of the molecule is C=C/C(=C\C=C(/C)Br)OC1CCC(=O)CC1. The Hall–Kier alpha value is -0.830. The smallest absolute Gasteiger partial charge is 0.133 e. The maximum atomic E-state index is 11.1. The zero-order valence-corrected chi connectivity index (χ0v) is 11.1. The lowest BCUT2D eigenvalue weighted by atomic mass is 9.96. The minimum Gasteiger partial charge on any atom is -0.490 e. The highest BCUT2D eigenvalue weighted by Gasteiger charge is 2.19. The summed E-state index contributed by atoms with van der Waals surface area (Å²) in [6, 6.07) is 0. The first-order valence-corrected chi connectivity index (χ1v) is 6.26. The predicted molar refractivity (Wildman–Crippen MR) is 69.3 cm³/mol. The number of hydrogen-bond donors (Lipinski definition) is 0. The molecule has 88 valence electrons. The van der Waals surface area contributed by atoms with Crippen LogP contribution in [0.15, 0.2) is 35.0 Å². The number of carbonyl (C=O) groups is 1. The Morgan fingerprint density at radius 3 is 2.56 bits per heavy atom. The van der Waals surface area contributed by atoms with Gasteiger partial charge in [-0.25, -0.2) is 0 Å². The predicted octanol–water partition coefficient (Wildman–Crippen LogP) is 3.88. The molecule has 0 aliphatic heterocycles. The van der Waals surface area contributed by atoms with Gasteiger partial charge in [0, 0.05) is 12.8 Å². The van der Waals surface area contributed by atoms with Gasteiger partial charge >= 0.3 is 0 Å². The summed E-state index contributed by atoms with van der Waals surface area (Å²) in [6.07, 6.45) is 8.58. The molecule has 16 heavy (non-hydrogen) atoms. The van der Waals surface area contributed by atoms with Gasteiger partial charge in [0.15, 0.2) is 0 Å². The Kier molecular flexibility index (Phi) is 5.53. The van der Waals surface area contributed by atoms with Gasteiger partial charge in [0.2, 0.25) is 0 Å². The lowest BCUT2D eigenvalue weighted by molar-refractivity contribution is -0.122. The summed E-state index contributed by atoms with van der Waals surface area (Å²) in [5.74, 6) is 1.11. The molecule has 0 saturated heterocycles. The van der Waals surface area contributed by atoms with E-state index in [1.54, 1.807) is 6.08 Å². The molecule has 0 heterocycles. The van der Waals surface area contributed by atoms with E-state index in [2.05, 4.69) is 22.5 Å². The Balaban J connectivity index is 2.50. The minimum atomic E-state index is 0.158. The van der Waals surface area contributed by atoms with Gasteiger partial charge in [-0.3, -0.25) is 4.79 Å². The molecule has 0 atom stereocenters. The van der Waals surface area contributed by atoms with Crippen LogP contribution in [0.2, 0.25) is 0 Å². The van der Waals surface area contributed by atoms with Crippen molar-refractivity contribution in [2.24, 2.45) is 0 Å². The van der Waals surface area contributed by atoms with Crippen LogP contribution >= 0.6 is 15.9 Å². The minimum absolute atomic E-state index is 0.158. The molecule has 0 unspecified atom stereocenters. The highest BCUT2D eigenvalue weighted by atomic mass is 79.9. The van der Waals surface area contributed by atoms with E-state index in [1.165, 1.54) is 0 Å². The third-order valence-electron chi connectivity index (χ3n) is 2.47. The lowest BCUT2D eigenvalue weighted by Gasteiger charge is -2.22. The van der Waals surface area contributed by atoms with Gasteiger partial charge in [-0.15, -0.1) is 0 Å². The number of hydrogen-bond acceptors (Lipinski definition) is 2. The quantitative estimate of drug-likeness (QED) is 0.578. The van der Waals surface area contributed by atoms with E-state index >= 15 is 0 Å². The van der Waals surface area contributed by atoms with E-state index in [4.69, 9.17) is 4.74 Å². The third-order valence-corrected chi connectivity index (χ3v) is 2.74. The number of rotatable bonds is 4. The topological polar surface area (TPSA) is 26.3 Å². The second kappa shape index (κ2) is 6.69. The number of ketones is 1. The molecule has 1 aliphatic rings. The van der Waals surface area contributed by atoms with Crippen molar-refractivity contribution in [3.8, 4) is 0 Å². The molecule has 0 N–H and O–H groups in total. The van der Waals surface area contributed by atoms with Crippen molar-refractivity contribution >= 4 is 21.7 Å². The monoisotopic (exact) mass is 284 g/mol. The van der Waals surface area contributed by atoms with Gasteiger partial charge in [0.1, 0.15) is 11.5 Å².